The van der Waals surface area contributed by atoms with E-state index >= 15 is 0 Å². The Morgan fingerprint density at radius 2 is 2.50 bits per heavy atom. The molecule has 0 unspecified atom stereocenters. The van der Waals surface area contributed by atoms with Crippen molar-refractivity contribution in [3.63, 3.8) is 0 Å². The molecule has 0 aliphatic carbocycles. The second-order valence-corrected chi connectivity index (χ2v) is 2.85. The lowest BCUT2D eigenvalue weighted by Gasteiger charge is -2.04. The number of nitro groups is 1. The van der Waals surface area contributed by atoms with Crippen molar-refractivity contribution in [1.29, 1.82) is 0 Å². The fourth-order valence-electron chi connectivity index (χ4n) is 1.06. The fourth-order valence-corrected chi connectivity index (χ4v) is 1.06. The van der Waals surface area contributed by atoms with Gasteiger partial charge in [-0.1, -0.05) is 0 Å². The quantitative estimate of drug-likeness (QED) is 0.397. The molecule has 0 aliphatic rings. The minimum absolute atomic E-state index is 0.149. The van der Waals surface area contributed by atoms with E-state index in [-0.39, 0.29) is 5.82 Å². The lowest BCUT2D eigenvalue weighted by atomic mass is 10.4. The number of aryl methyl sites for hydroxylation is 1. The molecular formula is C7H13N5O2. The molecule has 0 aromatic carbocycles. The molecule has 1 heterocycles. The molecule has 7 nitrogen and oxygen atoms in total. The first-order valence-corrected chi connectivity index (χ1v) is 4.26. The molecule has 1 aromatic rings. The van der Waals surface area contributed by atoms with Crippen LogP contribution in [0.2, 0.25) is 0 Å². The summed E-state index contributed by atoms with van der Waals surface area (Å²) in [5.41, 5.74) is 5.31. The fraction of sp³-hybridized carbons (Fsp3) is 0.571. The summed E-state index contributed by atoms with van der Waals surface area (Å²) in [5.74, 6) is 0.271. The molecule has 14 heavy (non-hydrogen) atoms. The first-order valence-electron chi connectivity index (χ1n) is 4.26. The smallest absolute Gasteiger partial charge is 0.364 e. The van der Waals surface area contributed by atoms with Crippen LogP contribution in [-0.4, -0.2) is 27.6 Å². The monoisotopic (exact) mass is 199 g/mol. The Morgan fingerprint density at radius 3 is 3.07 bits per heavy atom. The summed E-state index contributed by atoms with van der Waals surface area (Å²) < 4.78 is 1.58. The Labute approximate surface area is 81.1 Å². The number of anilines is 1. The second-order valence-electron chi connectivity index (χ2n) is 2.85. The molecule has 0 fully saturated rings. The van der Waals surface area contributed by atoms with Crippen molar-refractivity contribution in [3.8, 4) is 0 Å². The summed E-state index contributed by atoms with van der Waals surface area (Å²) in [5, 5.41) is 13.5. The number of hydrogen-bond acceptors (Lipinski definition) is 5. The molecule has 0 atom stereocenters. The van der Waals surface area contributed by atoms with E-state index in [1.807, 2.05) is 0 Å². The molecule has 0 saturated heterocycles. The highest BCUT2D eigenvalue weighted by Gasteiger charge is 2.18. The molecule has 78 valence electrons. The predicted octanol–water partition coefficient (Wildman–Crippen LogP) is 0.0890. The number of aromatic nitrogens is 2. The zero-order chi connectivity index (χ0) is 10.6. The van der Waals surface area contributed by atoms with Crippen molar-refractivity contribution in [2.24, 2.45) is 12.8 Å². The van der Waals surface area contributed by atoms with Crippen LogP contribution in [0, 0.1) is 10.1 Å². The normalized spacial score (nSPS) is 10.1. The van der Waals surface area contributed by atoms with Crippen LogP contribution in [0.5, 0.6) is 0 Å². The summed E-state index contributed by atoms with van der Waals surface area (Å²) in [6.45, 7) is 1.16. The van der Waals surface area contributed by atoms with Crippen molar-refractivity contribution in [2.45, 2.75) is 6.42 Å². The lowest BCUT2D eigenvalue weighted by molar-refractivity contribution is -0.388. The molecule has 7 heteroatoms. The van der Waals surface area contributed by atoms with Gasteiger partial charge in [0.15, 0.2) is 0 Å². The largest absolute Gasteiger partial charge is 0.406 e. The molecule has 1 aromatic heterocycles. The zero-order valence-corrected chi connectivity index (χ0v) is 7.93. The molecule has 0 spiro atoms. The van der Waals surface area contributed by atoms with Crippen LogP contribution in [0.4, 0.5) is 11.6 Å². The Morgan fingerprint density at radius 1 is 1.79 bits per heavy atom. The van der Waals surface area contributed by atoms with Crippen LogP contribution in [0.25, 0.3) is 0 Å². The highest BCUT2D eigenvalue weighted by molar-refractivity contribution is 5.51. The van der Waals surface area contributed by atoms with E-state index in [1.54, 1.807) is 11.6 Å². The van der Waals surface area contributed by atoms with Gasteiger partial charge in [0.2, 0.25) is 12.1 Å². The number of hydrogen-bond donors (Lipinski definition) is 2. The highest BCUT2D eigenvalue weighted by atomic mass is 16.6. The number of imidazole rings is 1. The van der Waals surface area contributed by atoms with Gasteiger partial charge in [-0.15, -0.1) is 0 Å². The predicted molar refractivity (Wildman–Crippen MR) is 52.0 cm³/mol. The number of nitrogens with zero attached hydrogens (tertiary/aromatic N) is 3. The van der Waals surface area contributed by atoms with E-state index in [9.17, 15) is 10.1 Å². The second kappa shape index (κ2) is 4.56. The van der Waals surface area contributed by atoms with E-state index in [4.69, 9.17) is 5.73 Å². The number of nitrogens with two attached hydrogens (primary N) is 1. The summed E-state index contributed by atoms with van der Waals surface area (Å²) in [4.78, 5) is 13.7. The summed E-state index contributed by atoms with van der Waals surface area (Å²) in [6, 6.07) is 0. The molecule has 1 rings (SSSR count). The Bertz CT molecular complexity index is 322. The molecule has 0 aliphatic heterocycles. The maximum atomic E-state index is 10.5. The van der Waals surface area contributed by atoms with Gasteiger partial charge in [0, 0.05) is 13.6 Å². The third-order valence-electron chi connectivity index (χ3n) is 1.76. The first-order chi connectivity index (χ1) is 6.66. The molecule has 3 N–H and O–H groups in total. The average molecular weight is 199 g/mol. The van der Waals surface area contributed by atoms with Crippen LogP contribution in [0.1, 0.15) is 6.42 Å². The van der Waals surface area contributed by atoms with Gasteiger partial charge in [-0.05, 0) is 22.9 Å². The minimum atomic E-state index is -0.509. The molecule has 0 bridgehead atoms. The third kappa shape index (κ3) is 2.19. The Hall–Kier alpha value is -1.63. The van der Waals surface area contributed by atoms with Gasteiger partial charge in [-0.25, -0.2) is 0 Å². The van der Waals surface area contributed by atoms with E-state index < -0.39 is 4.92 Å². The zero-order valence-electron chi connectivity index (χ0n) is 7.93. The maximum Gasteiger partial charge on any atom is 0.406 e. The topological polar surface area (TPSA) is 99.0 Å². The van der Waals surface area contributed by atoms with Gasteiger partial charge < -0.3 is 21.2 Å². The summed E-state index contributed by atoms with van der Waals surface area (Å²) in [7, 11) is 1.70. The Kier molecular flexibility index (Phi) is 3.41. The SMILES string of the molecule is Cn1cnc([N+](=O)[O-])c1NCCCN. The summed E-state index contributed by atoms with van der Waals surface area (Å²) in [6.07, 6.45) is 2.17. The standard InChI is InChI=1S/C7H13N5O2/c1-11-5-10-7(12(13)14)6(11)9-4-2-3-8/h5,9H,2-4,8H2,1H3. The molecule has 0 saturated carbocycles. The first kappa shape index (κ1) is 10.5. The van der Waals surface area contributed by atoms with E-state index in [0.717, 1.165) is 6.42 Å². The van der Waals surface area contributed by atoms with Gasteiger partial charge in [0.05, 0.1) is 0 Å². The average Bonchev–Trinajstić information content (AvgIpc) is 2.48. The number of nitrogens with one attached hydrogen (secondary N) is 1. The van der Waals surface area contributed by atoms with Gasteiger partial charge in [-0.2, -0.15) is 0 Å². The lowest BCUT2D eigenvalue weighted by Crippen LogP contribution is -2.11. The van der Waals surface area contributed by atoms with Crippen LogP contribution < -0.4 is 11.1 Å². The van der Waals surface area contributed by atoms with Gasteiger partial charge in [0.1, 0.15) is 0 Å². The van der Waals surface area contributed by atoms with E-state index in [1.165, 1.54) is 6.33 Å². The molecule has 0 amide bonds. The van der Waals surface area contributed by atoms with Crippen molar-refractivity contribution >= 4 is 11.6 Å². The van der Waals surface area contributed by atoms with Crippen LogP contribution in [-0.2, 0) is 7.05 Å². The molecule has 0 radical (unpaired) electrons. The van der Waals surface area contributed by atoms with Crippen molar-refractivity contribution in [1.82, 2.24) is 9.55 Å². The summed E-state index contributed by atoms with van der Waals surface area (Å²) >= 11 is 0. The van der Waals surface area contributed by atoms with Gasteiger partial charge in [0.25, 0.3) is 0 Å². The van der Waals surface area contributed by atoms with Crippen LogP contribution in [0.3, 0.4) is 0 Å². The van der Waals surface area contributed by atoms with Gasteiger partial charge in [-0.3, -0.25) is 4.57 Å². The van der Waals surface area contributed by atoms with Crippen molar-refractivity contribution < 1.29 is 4.92 Å². The van der Waals surface area contributed by atoms with Crippen molar-refractivity contribution in [2.75, 3.05) is 18.4 Å². The number of rotatable bonds is 5. The van der Waals surface area contributed by atoms with E-state index in [0.29, 0.717) is 18.9 Å². The molecular weight excluding hydrogens is 186 g/mol. The van der Waals surface area contributed by atoms with Crippen molar-refractivity contribution in [3.05, 3.63) is 16.4 Å². The van der Waals surface area contributed by atoms with E-state index in [2.05, 4.69) is 10.3 Å². The van der Waals surface area contributed by atoms with Gasteiger partial charge >= 0.3 is 5.82 Å². The highest BCUT2D eigenvalue weighted by Crippen LogP contribution is 2.20. The minimum Gasteiger partial charge on any atom is -0.364 e. The third-order valence-corrected chi connectivity index (χ3v) is 1.76. The Balaban J connectivity index is 2.72. The van der Waals surface area contributed by atoms with Crippen LogP contribution in [0.15, 0.2) is 6.33 Å². The van der Waals surface area contributed by atoms with Crippen LogP contribution >= 0.6 is 0 Å². The maximum absolute atomic E-state index is 10.5.